The first-order chi connectivity index (χ1) is 10.5. The summed E-state index contributed by atoms with van der Waals surface area (Å²) in [6.45, 7) is 0. The number of hydrogen-bond donors (Lipinski definition) is 4. The third kappa shape index (κ3) is 1.60. The Morgan fingerprint density at radius 2 is 1.27 bits per heavy atom. The van der Waals surface area contributed by atoms with E-state index in [0.717, 1.165) is 0 Å². The average Bonchev–Trinajstić information content (AvgIpc) is 2.54. The van der Waals surface area contributed by atoms with Crippen LogP contribution >= 0.6 is 0 Å². The van der Waals surface area contributed by atoms with Gasteiger partial charge in [0.15, 0.2) is 23.1 Å². The number of carbonyl (C=O) groups excluding carboxylic acids is 2. The van der Waals surface area contributed by atoms with Crippen molar-refractivity contribution in [3.8, 4) is 11.5 Å². The molecule has 0 saturated heterocycles. The fourth-order valence-corrected chi connectivity index (χ4v) is 2.81. The minimum Gasteiger partial charge on any atom is -0.504 e. The maximum Gasteiger partial charge on any atom is 0.198 e. The molecule has 22 heavy (non-hydrogen) atoms. The molecule has 6 heteroatoms. The average molecular weight is 298 g/mol. The molecule has 0 unspecified atom stereocenters. The van der Waals surface area contributed by atoms with Crippen molar-refractivity contribution >= 4 is 22.9 Å². The second-order valence-electron chi connectivity index (χ2n) is 4.90. The molecule has 0 radical (unpaired) electrons. The molecule has 0 fully saturated rings. The molecule has 0 bridgehead atoms. The van der Waals surface area contributed by atoms with E-state index in [1.54, 1.807) is 32.3 Å². The Labute approximate surface area is 126 Å². The van der Waals surface area contributed by atoms with Gasteiger partial charge in [-0.2, -0.15) is 0 Å². The van der Waals surface area contributed by atoms with Crippen LogP contribution < -0.4 is 10.6 Å². The number of anilines is 2. The summed E-state index contributed by atoms with van der Waals surface area (Å²) in [5.41, 5.74) is 0.827. The maximum atomic E-state index is 12.8. The van der Waals surface area contributed by atoms with Gasteiger partial charge < -0.3 is 20.8 Å². The highest BCUT2D eigenvalue weighted by atomic mass is 16.3. The van der Waals surface area contributed by atoms with Crippen LogP contribution in [0, 0.1) is 0 Å². The number of phenols is 2. The lowest BCUT2D eigenvalue weighted by atomic mass is 9.82. The number of nitrogens with one attached hydrogen (secondary N) is 2. The normalized spacial score (nSPS) is 12.6. The van der Waals surface area contributed by atoms with E-state index in [1.807, 2.05) is 0 Å². The molecule has 0 saturated carbocycles. The highest BCUT2D eigenvalue weighted by molar-refractivity contribution is 6.32. The predicted octanol–water partition coefficient (Wildman–Crippen LogP) is 1.96. The molecule has 0 heterocycles. The quantitative estimate of drug-likeness (QED) is 0.426. The van der Waals surface area contributed by atoms with Crippen molar-refractivity contribution in [2.45, 2.75) is 0 Å². The van der Waals surface area contributed by atoms with Crippen molar-refractivity contribution in [1.82, 2.24) is 0 Å². The number of rotatable bonds is 2. The van der Waals surface area contributed by atoms with E-state index in [9.17, 15) is 19.8 Å². The number of hydrogen-bond acceptors (Lipinski definition) is 6. The zero-order valence-corrected chi connectivity index (χ0v) is 12.0. The van der Waals surface area contributed by atoms with Crippen LogP contribution in [0.4, 0.5) is 11.4 Å². The van der Waals surface area contributed by atoms with Gasteiger partial charge in [-0.05, 0) is 0 Å². The maximum absolute atomic E-state index is 12.8. The van der Waals surface area contributed by atoms with Gasteiger partial charge in [-0.15, -0.1) is 0 Å². The summed E-state index contributed by atoms with van der Waals surface area (Å²) >= 11 is 0. The van der Waals surface area contributed by atoms with Crippen molar-refractivity contribution in [3.05, 3.63) is 46.5 Å². The lowest BCUT2D eigenvalue weighted by Crippen LogP contribution is -2.23. The standard InChI is InChI=1S/C16H14N2O4/c1-17-11-9-10(15(21)16(22)12(11)18-2)14(20)8-6-4-3-5-7(8)13(9)19/h3-6,17-18,21-22H,1-2H3. The van der Waals surface area contributed by atoms with E-state index in [0.29, 0.717) is 0 Å². The first-order valence-electron chi connectivity index (χ1n) is 6.68. The van der Waals surface area contributed by atoms with Gasteiger partial charge >= 0.3 is 0 Å². The molecule has 6 nitrogen and oxygen atoms in total. The van der Waals surface area contributed by atoms with Gasteiger partial charge in [0.25, 0.3) is 0 Å². The molecule has 2 aromatic rings. The molecule has 0 spiro atoms. The molecule has 1 aliphatic carbocycles. The zero-order valence-electron chi connectivity index (χ0n) is 12.0. The Bertz CT molecular complexity index is 827. The monoisotopic (exact) mass is 298 g/mol. The summed E-state index contributed by atoms with van der Waals surface area (Å²) in [5.74, 6) is -1.92. The minimum atomic E-state index is -0.591. The number of carbonyl (C=O) groups is 2. The van der Waals surface area contributed by atoms with Crippen LogP contribution in [0.25, 0.3) is 0 Å². The van der Waals surface area contributed by atoms with Crippen LogP contribution in [0.15, 0.2) is 24.3 Å². The Balaban J connectivity index is 2.45. The summed E-state index contributed by atoms with van der Waals surface area (Å²) in [7, 11) is 3.12. The molecular weight excluding hydrogens is 284 g/mol. The Morgan fingerprint density at radius 3 is 1.77 bits per heavy atom. The van der Waals surface area contributed by atoms with E-state index in [1.165, 1.54) is 6.07 Å². The van der Waals surface area contributed by atoms with Gasteiger partial charge in [0.2, 0.25) is 0 Å². The number of phenolic OH excluding ortho intramolecular Hbond substituents is 2. The first-order valence-corrected chi connectivity index (χ1v) is 6.68. The summed E-state index contributed by atoms with van der Waals surface area (Å²) in [5, 5.41) is 25.8. The number of benzene rings is 2. The van der Waals surface area contributed by atoms with Crippen molar-refractivity contribution in [2.24, 2.45) is 0 Å². The second kappa shape index (κ2) is 4.77. The fourth-order valence-electron chi connectivity index (χ4n) is 2.81. The van der Waals surface area contributed by atoms with Gasteiger partial charge in [0.05, 0.1) is 16.8 Å². The van der Waals surface area contributed by atoms with Gasteiger partial charge in [0.1, 0.15) is 5.69 Å². The second-order valence-corrected chi connectivity index (χ2v) is 4.90. The smallest absolute Gasteiger partial charge is 0.198 e. The fraction of sp³-hybridized carbons (Fsp3) is 0.125. The van der Waals surface area contributed by atoms with Crippen LogP contribution in [0.5, 0.6) is 11.5 Å². The van der Waals surface area contributed by atoms with Gasteiger partial charge in [-0.1, -0.05) is 24.3 Å². The Kier molecular flexibility index (Phi) is 3.02. The van der Waals surface area contributed by atoms with Crippen LogP contribution in [-0.4, -0.2) is 35.9 Å². The third-order valence-electron chi connectivity index (χ3n) is 3.82. The minimum absolute atomic E-state index is 0.0610. The van der Waals surface area contributed by atoms with Crippen LogP contribution in [0.3, 0.4) is 0 Å². The largest absolute Gasteiger partial charge is 0.504 e. The van der Waals surface area contributed by atoms with E-state index in [4.69, 9.17) is 0 Å². The van der Waals surface area contributed by atoms with E-state index in [2.05, 4.69) is 10.6 Å². The van der Waals surface area contributed by atoms with Crippen molar-refractivity contribution in [1.29, 1.82) is 0 Å². The highest BCUT2D eigenvalue weighted by Gasteiger charge is 2.37. The third-order valence-corrected chi connectivity index (χ3v) is 3.82. The predicted molar refractivity (Wildman–Crippen MR) is 82.2 cm³/mol. The van der Waals surface area contributed by atoms with Crippen molar-refractivity contribution < 1.29 is 19.8 Å². The van der Waals surface area contributed by atoms with Crippen LogP contribution in [0.1, 0.15) is 31.8 Å². The number of aromatic hydroxyl groups is 2. The lowest BCUT2D eigenvalue weighted by Gasteiger charge is -2.24. The molecule has 4 N–H and O–H groups in total. The van der Waals surface area contributed by atoms with E-state index < -0.39 is 17.3 Å². The molecule has 0 aromatic heterocycles. The number of fused-ring (bicyclic) bond motifs is 2. The zero-order chi connectivity index (χ0) is 16.0. The molecule has 0 atom stereocenters. The van der Waals surface area contributed by atoms with Gasteiger partial charge in [0, 0.05) is 25.2 Å². The Hall–Kier alpha value is -3.02. The van der Waals surface area contributed by atoms with Crippen molar-refractivity contribution in [3.63, 3.8) is 0 Å². The first kappa shape index (κ1) is 13.9. The van der Waals surface area contributed by atoms with Gasteiger partial charge in [-0.3, -0.25) is 9.59 Å². The van der Waals surface area contributed by atoms with Crippen LogP contribution in [-0.2, 0) is 0 Å². The summed E-state index contributed by atoms with van der Waals surface area (Å²) in [6.07, 6.45) is 0. The van der Waals surface area contributed by atoms with Gasteiger partial charge in [-0.25, -0.2) is 0 Å². The summed E-state index contributed by atoms with van der Waals surface area (Å²) in [6, 6.07) is 6.42. The molecule has 3 rings (SSSR count). The summed E-state index contributed by atoms with van der Waals surface area (Å²) < 4.78 is 0. The number of ketones is 2. The van der Waals surface area contributed by atoms with Crippen molar-refractivity contribution in [2.75, 3.05) is 24.7 Å². The molecule has 0 aliphatic heterocycles. The van der Waals surface area contributed by atoms with E-state index in [-0.39, 0.29) is 39.4 Å². The molecule has 0 amide bonds. The van der Waals surface area contributed by atoms with Crippen LogP contribution in [0.2, 0.25) is 0 Å². The topological polar surface area (TPSA) is 98.7 Å². The lowest BCUT2D eigenvalue weighted by molar-refractivity contribution is 0.0977. The Morgan fingerprint density at radius 1 is 0.773 bits per heavy atom. The van der Waals surface area contributed by atoms with E-state index >= 15 is 0 Å². The molecule has 2 aromatic carbocycles. The summed E-state index contributed by atoms with van der Waals surface area (Å²) in [4.78, 5) is 25.4. The molecule has 1 aliphatic rings. The highest BCUT2D eigenvalue weighted by Crippen LogP contribution is 2.48. The SMILES string of the molecule is CNc1c(O)c(O)c2c(c1NC)C(=O)c1ccccc1C2=O. The molecule has 112 valence electrons. The molecular formula is C16H14N2O4.